The molecule has 3 aromatic rings. The summed E-state index contributed by atoms with van der Waals surface area (Å²) in [6.07, 6.45) is 0.908. The standard InChI is InChI=1S/C16H15ClN4/c1-2-11-5-3-4-6-14(11)21-16(18)15(19-20-21)12-7-9-13(17)10-8-12/h3-10H,2,18H2,1H3. The predicted octanol–water partition coefficient (Wildman–Crippen LogP) is 3.73. The Hall–Kier alpha value is -2.33. The smallest absolute Gasteiger partial charge is 0.155 e. The first-order valence-electron chi connectivity index (χ1n) is 6.76. The summed E-state index contributed by atoms with van der Waals surface area (Å²) in [5.41, 5.74) is 9.94. The minimum atomic E-state index is 0.526. The van der Waals surface area contributed by atoms with Crippen molar-refractivity contribution in [3.8, 4) is 16.9 Å². The van der Waals surface area contributed by atoms with E-state index in [1.54, 1.807) is 4.68 Å². The molecule has 0 fully saturated rings. The van der Waals surface area contributed by atoms with E-state index in [0.717, 1.165) is 17.7 Å². The molecule has 0 atom stereocenters. The number of hydrogen-bond acceptors (Lipinski definition) is 3. The Morgan fingerprint density at radius 2 is 1.81 bits per heavy atom. The maximum atomic E-state index is 6.23. The van der Waals surface area contributed by atoms with Crippen molar-refractivity contribution in [2.24, 2.45) is 0 Å². The molecule has 0 bridgehead atoms. The molecule has 0 radical (unpaired) electrons. The van der Waals surface area contributed by atoms with E-state index in [1.165, 1.54) is 5.56 Å². The van der Waals surface area contributed by atoms with Crippen molar-refractivity contribution in [3.05, 3.63) is 59.1 Å². The van der Waals surface area contributed by atoms with E-state index in [-0.39, 0.29) is 0 Å². The zero-order valence-corrected chi connectivity index (χ0v) is 12.4. The van der Waals surface area contributed by atoms with Crippen molar-refractivity contribution in [2.45, 2.75) is 13.3 Å². The van der Waals surface area contributed by atoms with Crippen LogP contribution in [0.2, 0.25) is 5.02 Å². The number of nitrogens with two attached hydrogens (primary N) is 1. The van der Waals surface area contributed by atoms with Crippen LogP contribution in [-0.2, 0) is 6.42 Å². The van der Waals surface area contributed by atoms with Gasteiger partial charge in [-0.05, 0) is 30.2 Å². The van der Waals surface area contributed by atoms with Gasteiger partial charge in [-0.3, -0.25) is 0 Å². The van der Waals surface area contributed by atoms with Gasteiger partial charge in [-0.2, -0.15) is 4.68 Å². The van der Waals surface area contributed by atoms with Crippen LogP contribution in [0.4, 0.5) is 5.82 Å². The van der Waals surface area contributed by atoms with E-state index in [2.05, 4.69) is 23.3 Å². The van der Waals surface area contributed by atoms with Crippen LogP contribution in [0.1, 0.15) is 12.5 Å². The highest BCUT2D eigenvalue weighted by atomic mass is 35.5. The Bertz CT molecular complexity index is 762. The van der Waals surface area contributed by atoms with Gasteiger partial charge in [0.05, 0.1) is 5.69 Å². The summed E-state index contributed by atoms with van der Waals surface area (Å²) in [7, 11) is 0. The van der Waals surface area contributed by atoms with Gasteiger partial charge >= 0.3 is 0 Å². The number of rotatable bonds is 3. The van der Waals surface area contributed by atoms with Crippen molar-refractivity contribution in [1.82, 2.24) is 15.0 Å². The van der Waals surface area contributed by atoms with Crippen LogP contribution in [0.25, 0.3) is 16.9 Å². The third-order valence-electron chi connectivity index (χ3n) is 3.42. The minimum Gasteiger partial charge on any atom is -0.382 e. The lowest BCUT2D eigenvalue weighted by Crippen LogP contribution is -2.05. The summed E-state index contributed by atoms with van der Waals surface area (Å²) in [5.74, 6) is 0.526. The largest absolute Gasteiger partial charge is 0.382 e. The van der Waals surface area contributed by atoms with Crippen LogP contribution >= 0.6 is 11.6 Å². The van der Waals surface area contributed by atoms with E-state index in [1.807, 2.05) is 42.5 Å². The number of hydrogen-bond donors (Lipinski definition) is 1. The fourth-order valence-electron chi connectivity index (χ4n) is 2.30. The quantitative estimate of drug-likeness (QED) is 0.801. The number of halogens is 1. The molecule has 2 N–H and O–H groups in total. The monoisotopic (exact) mass is 298 g/mol. The van der Waals surface area contributed by atoms with Gasteiger partial charge in [0.25, 0.3) is 0 Å². The number of benzene rings is 2. The first-order chi connectivity index (χ1) is 10.2. The van der Waals surface area contributed by atoms with Crippen molar-refractivity contribution in [1.29, 1.82) is 0 Å². The normalized spacial score (nSPS) is 10.8. The van der Waals surface area contributed by atoms with Crippen LogP contribution in [0, 0.1) is 0 Å². The molecule has 4 nitrogen and oxygen atoms in total. The molecule has 1 heterocycles. The summed E-state index contributed by atoms with van der Waals surface area (Å²) in [4.78, 5) is 0. The minimum absolute atomic E-state index is 0.526. The molecule has 106 valence electrons. The molecule has 0 aliphatic rings. The van der Waals surface area contributed by atoms with Gasteiger partial charge in [0, 0.05) is 10.6 Å². The van der Waals surface area contributed by atoms with Gasteiger partial charge < -0.3 is 5.73 Å². The van der Waals surface area contributed by atoms with Crippen LogP contribution < -0.4 is 5.73 Å². The Balaban J connectivity index is 2.09. The Morgan fingerprint density at radius 3 is 2.52 bits per heavy atom. The van der Waals surface area contributed by atoms with Gasteiger partial charge in [-0.1, -0.05) is 54.1 Å². The summed E-state index contributed by atoms with van der Waals surface area (Å²) in [6.45, 7) is 2.10. The maximum absolute atomic E-state index is 6.23. The van der Waals surface area contributed by atoms with E-state index in [0.29, 0.717) is 16.5 Å². The number of nitrogens with zero attached hydrogens (tertiary/aromatic N) is 3. The molecule has 5 heteroatoms. The average Bonchev–Trinajstić information content (AvgIpc) is 2.89. The second-order valence-corrected chi connectivity index (χ2v) is 5.16. The number of para-hydroxylation sites is 1. The van der Waals surface area contributed by atoms with E-state index in [4.69, 9.17) is 17.3 Å². The summed E-state index contributed by atoms with van der Waals surface area (Å²) >= 11 is 5.91. The highest BCUT2D eigenvalue weighted by Crippen LogP contribution is 2.27. The maximum Gasteiger partial charge on any atom is 0.155 e. The van der Waals surface area contributed by atoms with Crippen LogP contribution in [-0.4, -0.2) is 15.0 Å². The van der Waals surface area contributed by atoms with E-state index >= 15 is 0 Å². The third-order valence-corrected chi connectivity index (χ3v) is 3.68. The van der Waals surface area contributed by atoms with Crippen molar-refractivity contribution in [3.63, 3.8) is 0 Å². The van der Waals surface area contributed by atoms with Crippen LogP contribution in [0.5, 0.6) is 0 Å². The fraction of sp³-hybridized carbons (Fsp3) is 0.125. The first kappa shape index (κ1) is 13.6. The molecule has 0 saturated heterocycles. The Kier molecular flexibility index (Phi) is 3.62. The molecule has 0 aliphatic heterocycles. The molecule has 0 unspecified atom stereocenters. The lowest BCUT2D eigenvalue weighted by atomic mass is 10.1. The molecule has 1 aromatic heterocycles. The second-order valence-electron chi connectivity index (χ2n) is 4.72. The Morgan fingerprint density at radius 1 is 1.10 bits per heavy atom. The molecular weight excluding hydrogens is 284 g/mol. The summed E-state index contributed by atoms with van der Waals surface area (Å²) in [5, 5.41) is 9.10. The fourth-order valence-corrected chi connectivity index (χ4v) is 2.42. The van der Waals surface area contributed by atoms with E-state index < -0.39 is 0 Å². The van der Waals surface area contributed by atoms with Gasteiger partial charge in [-0.25, -0.2) is 0 Å². The number of aryl methyl sites for hydroxylation is 1. The molecule has 0 spiro atoms. The summed E-state index contributed by atoms with van der Waals surface area (Å²) in [6, 6.07) is 15.4. The highest BCUT2D eigenvalue weighted by Gasteiger charge is 2.14. The van der Waals surface area contributed by atoms with Crippen molar-refractivity contribution < 1.29 is 0 Å². The number of aromatic nitrogens is 3. The first-order valence-corrected chi connectivity index (χ1v) is 7.14. The zero-order chi connectivity index (χ0) is 14.8. The second kappa shape index (κ2) is 5.58. The third kappa shape index (κ3) is 2.50. The summed E-state index contributed by atoms with van der Waals surface area (Å²) < 4.78 is 1.68. The molecule has 0 saturated carbocycles. The molecule has 3 rings (SSSR count). The number of nitrogen functional groups attached to an aromatic ring is 1. The Labute approximate surface area is 128 Å². The lowest BCUT2D eigenvalue weighted by Gasteiger charge is -2.08. The van der Waals surface area contributed by atoms with Gasteiger partial charge in [0.2, 0.25) is 0 Å². The topological polar surface area (TPSA) is 56.7 Å². The average molecular weight is 299 g/mol. The van der Waals surface area contributed by atoms with E-state index in [9.17, 15) is 0 Å². The predicted molar refractivity (Wildman–Crippen MR) is 85.6 cm³/mol. The van der Waals surface area contributed by atoms with Crippen molar-refractivity contribution >= 4 is 17.4 Å². The highest BCUT2D eigenvalue weighted by molar-refractivity contribution is 6.30. The van der Waals surface area contributed by atoms with Crippen LogP contribution in [0.15, 0.2) is 48.5 Å². The molecule has 21 heavy (non-hydrogen) atoms. The van der Waals surface area contributed by atoms with Crippen molar-refractivity contribution in [2.75, 3.05) is 5.73 Å². The van der Waals surface area contributed by atoms with Gasteiger partial charge in [-0.15, -0.1) is 5.10 Å². The van der Waals surface area contributed by atoms with Gasteiger partial charge in [0.1, 0.15) is 5.69 Å². The molecule has 0 amide bonds. The SMILES string of the molecule is CCc1ccccc1-n1nnc(-c2ccc(Cl)cc2)c1N. The number of anilines is 1. The lowest BCUT2D eigenvalue weighted by molar-refractivity contribution is 0.800. The molecule has 2 aromatic carbocycles. The zero-order valence-electron chi connectivity index (χ0n) is 11.6. The van der Waals surface area contributed by atoms with Gasteiger partial charge in [0.15, 0.2) is 5.82 Å². The molecule has 0 aliphatic carbocycles. The van der Waals surface area contributed by atoms with Crippen LogP contribution in [0.3, 0.4) is 0 Å². The molecular formula is C16H15ClN4.